The minimum absolute atomic E-state index is 0.273. The van der Waals surface area contributed by atoms with E-state index in [1.165, 1.54) is 23.5 Å². The van der Waals surface area contributed by atoms with Crippen LogP contribution in [-0.4, -0.2) is 33.9 Å². The van der Waals surface area contributed by atoms with Crippen molar-refractivity contribution in [2.75, 3.05) is 19.0 Å². The largest absolute Gasteiger partial charge is 0.452 e. The van der Waals surface area contributed by atoms with Crippen LogP contribution >= 0.6 is 0 Å². The Morgan fingerprint density at radius 3 is 2.07 bits per heavy atom. The Hall–Kier alpha value is -3.06. The molecule has 1 amide bonds. The molecule has 0 aliphatic heterocycles. The molecule has 7 nitrogen and oxygen atoms in total. The second kappa shape index (κ2) is 8.53. The Bertz CT molecular complexity index is 1060. The van der Waals surface area contributed by atoms with Crippen molar-refractivity contribution in [1.82, 2.24) is 4.72 Å². The topological polar surface area (TPSA) is 102 Å². The van der Waals surface area contributed by atoms with Crippen LogP contribution in [0.4, 0.5) is 27.6 Å². The molecular weight excluding hydrogens is 427 g/mol. The van der Waals surface area contributed by atoms with Crippen molar-refractivity contribution >= 4 is 27.6 Å². The van der Waals surface area contributed by atoms with Gasteiger partial charge in [0.25, 0.3) is 5.91 Å². The van der Waals surface area contributed by atoms with Gasteiger partial charge in [0.2, 0.25) is 15.8 Å². The molecular formula is C16H11F5N2O5S. The molecule has 0 atom stereocenters. The van der Waals surface area contributed by atoms with E-state index in [1.54, 1.807) is 0 Å². The van der Waals surface area contributed by atoms with Gasteiger partial charge in [-0.2, -0.15) is 0 Å². The number of amides is 1. The predicted molar refractivity (Wildman–Crippen MR) is 87.8 cm³/mol. The summed E-state index contributed by atoms with van der Waals surface area (Å²) in [5.41, 5.74) is -1.88. The molecule has 29 heavy (non-hydrogen) atoms. The smallest absolute Gasteiger partial charge is 0.338 e. The maximum atomic E-state index is 13.5. The Kier molecular flexibility index (Phi) is 6.54. The van der Waals surface area contributed by atoms with Crippen molar-refractivity contribution in [2.45, 2.75) is 4.90 Å². The van der Waals surface area contributed by atoms with Crippen LogP contribution in [0.2, 0.25) is 0 Å². The number of sulfonamides is 1. The van der Waals surface area contributed by atoms with Crippen LogP contribution in [0.25, 0.3) is 0 Å². The van der Waals surface area contributed by atoms with E-state index >= 15 is 0 Å². The van der Waals surface area contributed by atoms with Gasteiger partial charge in [-0.3, -0.25) is 4.79 Å². The summed E-state index contributed by atoms with van der Waals surface area (Å²) >= 11 is 0. The molecule has 0 fully saturated rings. The van der Waals surface area contributed by atoms with Crippen LogP contribution in [0.15, 0.2) is 29.2 Å². The first-order chi connectivity index (χ1) is 13.5. The van der Waals surface area contributed by atoms with Crippen LogP contribution in [0, 0.1) is 29.1 Å². The first kappa shape index (κ1) is 22.2. The van der Waals surface area contributed by atoms with Crippen LogP contribution in [0.5, 0.6) is 0 Å². The number of nitrogens with one attached hydrogen (secondary N) is 2. The monoisotopic (exact) mass is 438 g/mol. The molecule has 156 valence electrons. The van der Waals surface area contributed by atoms with E-state index in [0.717, 1.165) is 13.1 Å². The van der Waals surface area contributed by atoms with Crippen LogP contribution in [0.1, 0.15) is 10.4 Å². The molecule has 0 saturated carbocycles. The zero-order valence-corrected chi connectivity index (χ0v) is 15.2. The van der Waals surface area contributed by atoms with E-state index in [1.807, 2.05) is 4.72 Å². The standard InChI is InChI=1S/C16H11F5N2O5S/c1-22-29(26,27)8-4-2-3-7(5-8)16(25)28-6-9(24)23-15-13(20)11(18)10(17)12(19)14(15)21/h2-5,22H,6H2,1H3,(H,23,24). The normalized spacial score (nSPS) is 11.2. The van der Waals surface area contributed by atoms with E-state index in [0.29, 0.717) is 0 Å². The van der Waals surface area contributed by atoms with E-state index in [-0.39, 0.29) is 10.5 Å². The molecule has 0 spiro atoms. The fraction of sp³-hybridized carbons (Fsp3) is 0.125. The SMILES string of the molecule is CNS(=O)(=O)c1cccc(C(=O)OCC(=O)Nc2c(F)c(F)c(F)c(F)c2F)c1. The lowest BCUT2D eigenvalue weighted by atomic mass is 10.2. The fourth-order valence-corrected chi connectivity index (χ4v) is 2.79. The van der Waals surface area contributed by atoms with E-state index in [4.69, 9.17) is 0 Å². The van der Waals surface area contributed by atoms with Crippen molar-refractivity contribution in [3.63, 3.8) is 0 Å². The molecule has 13 heteroatoms. The van der Waals surface area contributed by atoms with E-state index < -0.39 is 63.3 Å². The molecule has 2 rings (SSSR count). The van der Waals surface area contributed by atoms with Crippen LogP contribution in [-0.2, 0) is 19.6 Å². The first-order valence-electron chi connectivity index (χ1n) is 7.51. The Labute approximate surface area is 160 Å². The lowest BCUT2D eigenvalue weighted by molar-refractivity contribution is -0.119. The van der Waals surface area contributed by atoms with Gasteiger partial charge in [0.15, 0.2) is 29.9 Å². The summed E-state index contributed by atoms with van der Waals surface area (Å²) in [6.45, 7) is -1.15. The van der Waals surface area contributed by atoms with Gasteiger partial charge < -0.3 is 10.1 Å². The number of esters is 1. The van der Waals surface area contributed by atoms with Gasteiger partial charge in [-0.1, -0.05) is 6.07 Å². The number of halogens is 5. The summed E-state index contributed by atoms with van der Waals surface area (Å²) in [5, 5.41) is 1.42. The van der Waals surface area contributed by atoms with Crippen molar-refractivity contribution in [3.05, 3.63) is 58.9 Å². The average Bonchev–Trinajstić information content (AvgIpc) is 2.72. The predicted octanol–water partition coefficient (Wildman–Crippen LogP) is 2.09. The number of anilines is 1. The van der Waals surface area contributed by atoms with Crippen molar-refractivity contribution in [1.29, 1.82) is 0 Å². The van der Waals surface area contributed by atoms with Gasteiger partial charge in [-0.05, 0) is 25.2 Å². The number of hydrogen-bond donors (Lipinski definition) is 2. The van der Waals surface area contributed by atoms with E-state index in [9.17, 15) is 40.0 Å². The number of ether oxygens (including phenoxy) is 1. The molecule has 0 aromatic heterocycles. The third kappa shape index (κ3) is 4.68. The molecule has 0 aliphatic carbocycles. The van der Waals surface area contributed by atoms with Gasteiger partial charge in [0.05, 0.1) is 10.5 Å². The van der Waals surface area contributed by atoms with E-state index in [2.05, 4.69) is 4.74 Å². The summed E-state index contributed by atoms with van der Waals surface area (Å²) in [4.78, 5) is 23.3. The summed E-state index contributed by atoms with van der Waals surface area (Å²) in [6, 6.07) is 4.50. The highest BCUT2D eigenvalue weighted by Gasteiger charge is 2.27. The van der Waals surface area contributed by atoms with Gasteiger partial charge >= 0.3 is 5.97 Å². The minimum Gasteiger partial charge on any atom is -0.452 e. The highest BCUT2D eigenvalue weighted by molar-refractivity contribution is 7.89. The molecule has 2 aromatic carbocycles. The van der Waals surface area contributed by atoms with Crippen molar-refractivity contribution in [3.8, 4) is 0 Å². The summed E-state index contributed by atoms with van der Waals surface area (Å²) in [7, 11) is -2.73. The lowest BCUT2D eigenvalue weighted by Crippen LogP contribution is -2.23. The zero-order chi connectivity index (χ0) is 21.9. The number of carbonyl (C=O) groups is 2. The van der Waals surface area contributed by atoms with Crippen molar-refractivity contribution in [2.24, 2.45) is 0 Å². The molecule has 2 aromatic rings. The van der Waals surface area contributed by atoms with Gasteiger partial charge in [0, 0.05) is 0 Å². The number of carbonyl (C=O) groups excluding carboxylic acids is 2. The highest BCUT2D eigenvalue weighted by Crippen LogP contribution is 2.27. The summed E-state index contributed by atoms with van der Waals surface area (Å²) < 4.78 is 96.2. The first-order valence-corrected chi connectivity index (χ1v) is 9.00. The van der Waals surface area contributed by atoms with Gasteiger partial charge in [-0.25, -0.2) is 39.9 Å². The number of benzene rings is 2. The Balaban J connectivity index is 2.11. The minimum atomic E-state index is -3.87. The lowest BCUT2D eigenvalue weighted by Gasteiger charge is -2.10. The maximum Gasteiger partial charge on any atom is 0.338 e. The molecule has 0 aliphatic rings. The Morgan fingerprint density at radius 1 is 0.966 bits per heavy atom. The molecule has 0 heterocycles. The summed E-state index contributed by atoms with van der Waals surface area (Å²) in [5.74, 6) is -14.1. The molecule has 0 saturated heterocycles. The maximum absolute atomic E-state index is 13.5. The number of rotatable bonds is 6. The Morgan fingerprint density at radius 2 is 1.52 bits per heavy atom. The van der Waals surface area contributed by atoms with Gasteiger partial charge in [0.1, 0.15) is 5.69 Å². The highest BCUT2D eigenvalue weighted by atomic mass is 32.2. The van der Waals surface area contributed by atoms with Crippen LogP contribution < -0.4 is 10.0 Å². The second-order valence-corrected chi connectivity index (χ2v) is 7.19. The molecule has 2 N–H and O–H groups in total. The zero-order valence-electron chi connectivity index (χ0n) is 14.4. The number of hydrogen-bond acceptors (Lipinski definition) is 5. The quantitative estimate of drug-likeness (QED) is 0.311. The van der Waals surface area contributed by atoms with Crippen LogP contribution in [0.3, 0.4) is 0 Å². The third-order valence-corrected chi connectivity index (χ3v) is 4.87. The summed E-state index contributed by atoms with van der Waals surface area (Å²) in [6.07, 6.45) is 0. The molecule has 0 radical (unpaired) electrons. The second-order valence-electron chi connectivity index (χ2n) is 5.30. The average molecular weight is 438 g/mol. The third-order valence-electron chi connectivity index (χ3n) is 3.46. The fourth-order valence-electron chi connectivity index (χ4n) is 2.01. The molecule has 0 unspecified atom stereocenters. The van der Waals surface area contributed by atoms with Crippen molar-refractivity contribution < 1.29 is 44.7 Å². The van der Waals surface area contributed by atoms with Gasteiger partial charge in [-0.15, -0.1) is 0 Å². The molecule has 0 bridgehead atoms.